The van der Waals surface area contributed by atoms with Gasteiger partial charge in [-0.25, -0.2) is 0 Å². The fourth-order valence-corrected chi connectivity index (χ4v) is 3.15. The van der Waals surface area contributed by atoms with E-state index in [1.165, 1.54) is 50.5 Å². The van der Waals surface area contributed by atoms with E-state index in [1.807, 2.05) is 6.26 Å². The summed E-state index contributed by atoms with van der Waals surface area (Å²) in [6, 6.07) is 0. The van der Waals surface area contributed by atoms with E-state index in [2.05, 4.69) is 13.8 Å². The fraction of sp³-hybridized carbons (Fsp3) is 0.889. The van der Waals surface area contributed by atoms with Crippen LogP contribution in [0.2, 0.25) is 0 Å². The van der Waals surface area contributed by atoms with Gasteiger partial charge in [0.15, 0.2) is 0 Å². The van der Waals surface area contributed by atoms with E-state index in [0.717, 1.165) is 13.0 Å². The second-order valence-electron chi connectivity index (χ2n) is 6.22. The molecule has 0 radical (unpaired) electrons. The molecule has 0 spiro atoms. The van der Waals surface area contributed by atoms with E-state index in [-0.39, 0.29) is 12.2 Å². The molecule has 1 aliphatic rings. The van der Waals surface area contributed by atoms with Crippen molar-refractivity contribution in [1.82, 2.24) is 0 Å². The minimum absolute atomic E-state index is 0.133. The zero-order valence-corrected chi connectivity index (χ0v) is 14.4. The predicted octanol–water partition coefficient (Wildman–Crippen LogP) is 4.71. The van der Waals surface area contributed by atoms with Gasteiger partial charge in [0.2, 0.25) is 0 Å². The van der Waals surface area contributed by atoms with Crippen molar-refractivity contribution in [3.05, 3.63) is 11.8 Å². The van der Waals surface area contributed by atoms with Crippen LogP contribution < -0.4 is 0 Å². The monoisotopic (exact) mass is 298 g/mol. The lowest BCUT2D eigenvalue weighted by Gasteiger charge is -2.36. The van der Waals surface area contributed by atoms with Crippen molar-refractivity contribution in [3.63, 3.8) is 0 Å². The number of ether oxygens (including phenoxy) is 3. The summed E-state index contributed by atoms with van der Waals surface area (Å²) in [7, 11) is 3.48. The molecule has 1 rings (SSSR count). The molecule has 0 saturated carbocycles. The normalized spacial score (nSPS) is 28.0. The molecule has 0 amide bonds. The zero-order valence-electron chi connectivity index (χ0n) is 14.4. The molecule has 21 heavy (non-hydrogen) atoms. The van der Waals surface area contributed by atoms with Crippen LogP contribution in [0.3, 0.4) is 0 Å². The second-order valence-corrected chi connectivity index (χ2v) is 6.22. The second kappa shape index (κ2) is 11.1. The van der Waals surface area contributed by atoms with Crippen LogP contribution in [0.25, 0.3) is 0 Å². The van der Waals surface area contributed by atoms with Gasteiger partial charge in [0.25, 0.3) is 0 Å². The quantitative estimate of drug-likeness (QED) is 0.432. The summed E-state index contributed by atoms with van der Waals surface area (Å²) in [6.07, 6.45) is 12.5. The van der Waals surface area contributed by atoms with Crippen molar-refractivity contribution < 1.29 is 14.2 Å². The van der Waals surface area contributed by atoms with Gasteiger partial charge in [0, 0.05) is 18.6 Å². The first-order valence-corrected chi connectivity index (χ1v) is 8.61. The Morgan fingerprint density at radius 1 is 1.10 bits per heavy atom. The Morgan fingerprint density at radius 3 is 2.38 bits per heavy atom. The minimum atomic E-state index is 0.133. The third-order valence-electron chi connectivity index (χ3n) is 4.36. The Hall–Kier alpha value is -0.540. The summed E-state index contributed by atoms with van der Waals surface area (Å²) in [6.45, 7) is 5.21. The summed E-state index contributed by atoms with van der Waals surface area (Å²) < 4.78 is 16.9. The number of methoxy groups -OCH3 is 2. The van der Waals surface area contributed by atoms with Gasteiger partial charge in [0.05, 0.1) is 32.2 Å². The van der Waals surface area contributed by atoms with Crippen molar-refractivity contribution in [2.75, 3.05) is 20.8 Å². The van der Waals surface area contributed by atoms with E-state index in [4.69, 9.17) is 14.2 Å². The third kappa shape index (κ3) is 6.39. The molecule has 1 fully saturated rings. The highest BCUT2D eigenvalue weighted by atomic mass is 16.5. The standard InChI is InChI=1S/C18H34O3/c1-5-6-7-8-9-10-11-12-17-16(14-19-3)18(20-4)15(2)13-21-17/h14-15,17-18H,5-13H2,1-4H3/t15-,17-,18-/m0/s1. The summed E-state index contributed by atoms with van der Waals surface area (Å²) in [5.41, 5.74) is 1.17. The van der Waals surface area contributed by atoms with Crippen LogP contribution in [-0.4, -0.2) is 33.0 Å². The Kier molecular flexibility index (Phi) is 9.77. The molecule has 124 valence electrons. The van der Waals surface area contributed by atoms with E-state index in [0.29, 0.717) is 5.92 Å². The van der Waals surface area contributed by atoms with Crippen molar-refractivity contribution in [1.29, 1.82) is 0 Å². The lowest BCUT2D eigenvalue weighted by Crippen LogP contribution is -2.39. The van der Waals surface area contributed by atoms with Gasteiger partial charge in [0.1, 0.15) is 0 Å². The van der Waals surface area contributed by atoms with Crippen molar-refractivity contribution in [2.45, 2.75) is 77.4 Å². The van der Waals surface area contributed by atoms with Gasteiger partial charge in [-0.3, -0.25) is 0 Å². The predicted molar refractivity (Wildman–Crippen MR) is 87.4 cm³/mol. The van der Waals surface area contributed by atoms with Crippen LogP contribution in [-0.2, 0) is 14.2 Å². The molecule has 1 saturated heterocycles. The average Bonchev–Trinajstić information content (AvgIpc) is 2.49. The van der Waals surface area contributed by atoms with E-state index in [1.54, 1.807) is 14.2 Å². The van der Waals surface area contributed by atoms with E-state index >= 15 is 0 Å². The SMILES string of the molecule is CCCCCCCCC[C@@H]1OC[C@H](C)[C@H](OC)C1=COC. The maximum atomic E-state index is 6.00. The summed E-state index contributed by atoms with van der Waals surface area (Å²) >= 11 is 0. The molecular weight excluding hydrogens is 264 g/mol. The first-order chi connectivity index (χ1) is 10.2. The van der Waals surface area contributed by atoms with Crippen molar-refractivity contribution in [3.8, 4) is 0 Å². The molecule has 0 aliphatic carbocycles. The largest absolute Gasteiger partial charge is 0.504 e. The van der Waals surface area contributed by atoms with Crippen LogP contribution in [0.1, 0.15) is 65.2 Å². The fourth-order valence-electron chi connectivity index (χ4n) is 3.15. The minimum Gasteiger partial charge on any atom is -0.504 e. The number of hydrogen-bond donors (Lipinski definition) is 0. The Morgan fingerprint density at radius 2 is 1.76 bits per heavy atom. The summed E-state index contributed by atoms with van der Waals surface area (Å²) in [5.74, 6) is 0.390. The highest BCUT2D eigenvalue weighted by molar-refractivity contribution is 5.15. The highest BCUT2D eigenvalue weighted by Gasteiger charge is 2.33. The summed E-state index contributed by atoms with van der Waals surface area (Å²) in [5, 5.41) is 0. The lowest BCUT2D eigenvalue weighted by atomic mass is 9.89. The Balaban J connectivity index is 2.33. The van der Waals surface area contributed by atoms with E-state index in [9.17, 15) is 0 Å². The maximum Gasteiger partial charge on any atom is 0.0886 e. The molecule has 0 aromatic heterocycles. The molecule has 3 atom stereocenters. The van der Waals surface area contributed by atoms with Gasteiger partial charge in [-0.2, -0.15) is 0 Å². The molecule has 1 aliphatic heterocycles. The van der Waals surface area contributed by atoms with Crippen molar-refractivity contribution >= 4 is 0 Å². The molecule has 3 heteroatoms. The van der Waals surface area contributed by atoms with E-state index < -0.39 is 0 Å². The van der Waals surface area contributed by atoms with Crippen LogP contribution in [0.5, 0.6) is 0 Å². The van der Waals surface area contributed by atoms with Crippen LogP contribution in [0.15, 0.2) is 11.8 Å². The topological polar surface area (TPSA) is 27.7 Å². The third-order valence-corrected chi connectivity index (χ3v) is 4.36. The highest BCUT2D eigenvalue weighted by Crippen LogP contribution is 2.30. The smallest absolute Gasteiger partial charge is 0.0886 e. The maximum absolute atomic E-state index is 6.00. The van der Waals surface area contributed by atoms with Gasteiger partial charge < -0.3 is 14.2 Å². The van der Waals surface area contributed by atoms with Crippen LogP contribution in [0, 0.1) is 5.92 Å². The number of unbranched alkanes of at least 4 members (excludes halogenated alkanes) is 6. The van der Waals surface area contributed by atoms with Gasteiger partial charge in [-0.05, 0) is 6.42 Å². The lowest BCUT2D eigenvalue weighted by molar-refractivity contribution is -0.0533. The first-order valence-electron chi connectivity index (χ1n) is 8.61. The number of hydrogen-bond acceptors (Lipinski definition) is 3. The molecule has 3 nitrogen and oxygen atoms in total. The number of rotatable bonds is 10. The Labute approximate surface area is 131 Å². The van der Waals surface area contributed by atoms with Gasteiger partial charge in [-0.15, -0.1) is 0 Å². The summed E-state index contributed by atoms with van der Waals surface area (Å²) in [4.78, 5) is 0. The molecule has 0 bridgehead atoms. The van der Waals surface area contributed by atoms with Crippen LogP contribution in [0.4, 0.5) is 0 Å². The molecular formula is C18H34O3. The van der Waals surface area contributed by atoms with Gasteiger partial charge in [-0.1, -0.05) is 58.8 Å². The van der Waals surface area contributed by atoms with Crippen molar-refractivity contribution in [2.24, 2.45) is 5.92 Å². The molecule has 0 aromatic rings. The molecule has 1 heterocycles. The molecule has 0 unspecified atom stereocenters. The van der Waals surface area contributed by atoms with Gasteiger partial charge >= 0.3 is 0 Å². The zero-order chi connectivity index (χ0) is 15.5. The average molecular weight is 298 g/mol. The molecule has 0 N–H and O–H groups in total. The first kappa shape index (κ1) is 18.5. The molecule has 0 aromatic carbocycles. The van der Waals surface area contributed by atoms with Crippen LogP contribution >= 0.6 is 0 Å². The Bertz CT molecular complexity index is 288.